The Labute approximate surface area is 108 Å². The summed E-state index contributed by atoms with van der Waals surface area (Å²) in [5.41, 5.74) is 5.78. The monoisotopic (exact) mass is 254 g/mol. The Morgan fingerprint density at radius 1 is 1.41 bits per heavy atom. The largest absolute Gasteiger partial charge is 0.369 e. The van der Waals surface area contributed by atoms with E-state index in [1.807, 2.05) is 12.3 Å². The van der Waals surface area contributed by atoms with E-state index in [0.717, 1.165) is 36.8 Å². The molecule has 0 saturated carbocycles. The van der Waals surface area contributed by atoms with Gasteiger partial charge in [-0.05, 0) is 31.1 Å². The van der Waals surface area contributed by atoms with E-state index in [1.165, 1.54) is 0 Å². The van der Waals surface area contributed by atoms with Gasteiger partial charge in [-0.25, -0.2) is 9.97 Å². The molecule has 0 bridgehead atoms. The van der Waals surface area contributed by atoms with Crippen LogP contribution in [-0.4, -0.2) is 29.3 Å². The topological polar surface area (TPSA) is 63.8 Å². The Hall–Kier alpha value is -0.810. The number of anilines is 1. The Morgan fingerprint density at radius 2 is 2.18 bits per heavy atom. The maximum absolute atomic E-state index is 5.54. The van der Waals surface area contributed by atoms with Crippen LogP contribution in [-0.2, 0) is 0 Å². The number of aromatic nitrogens is 2. The van der Waals surface area contributed by atoms with Crippen molar-refractivity contribution in [1.82, 2.24) is 9.97 Å². The number of hydrogen-bond acceptors (Lipinski definition) is 5. The lowest BCUT2D eigenvalue weighted by Crippen LogP contribution is -2.24. The van der Waals surface area contributed by atoms with Gasteiger partial charge in [0.05, 0.1) is 0 Å². The summed E-state index contributed by atoms with van der Waals surface area (Å²) < 4.78 is 0. The zero-order valence-electron chi connectivity index (χ0n) is 10.9. The first-order chi connectivity index (χ1) is 8.07. The van der Waals surface area contributed by atoms with E-state index < -0.39 is 0 Å². The summed E-state index contributed by atoms with van der Waals surface area (Å²) in [7, 11) is 0. The number of hydrogen-bond donors (Lipinski definition) is 2. The summed E-state index contributed by atoms with van der Waals surface area (Å²) in [6, 6.07) is 1.98. The third-order valence-corrected chi connectivity index (χ3v) is 3.30. The second-order valence-corrected chi connectivity index (χ2v) is 5.68. The molecule has 0 aliphatic heterocycles. The number of nitrogens with one attached hydrogen (secondary N) is 1. The first-order valence-electron chi connectivity index (χ1n) is 5.87. The quantitative estimate of drug-likeness (QED) is 0.578. The molecule has 0 aliphatic rings. The molecule has 0 radical (unpaired) electrons. The highest BCUT2D eigenvalue weighted by Crippen LogP contribution is 2.22. The normalized spacial score (nSPS) is 11.5. The average Bonchev–Trinajstić information content (AvgIpc) is 2.34. The molecule has 0 atom stereocenters. The van der Waals surface area contributed by atoms with Crippen molar-refractivity contribution in [2.24, 2.45) is 11.1 Å². The van der Waals surface area contributed by atoms with Crippen LogP contribution >= 0.6 is 11.8 Å². The lowest BCUT2D eigenvalue weighted by Gasteiger charge is -2.25. The first kappa shape index (κ1) is 14.3. The highest BCUT2D eigenvalue weighted by Gasteiger charge is 2.16. The fourth-order valence-electron chi connectivity index (χ4n) is 1.55. The molecule has 0 spiro atoms. The van der Waals surface area contributed by atoms with Crippen LogP contribution in [0.1, 0.15) is 26.7 Å². The van der Waals surface area contributed by atoms with Gasteiger partial charge in [-0.1, -0.05) is 13.8 Å². The van der Waals surface area contributed by atoms with E-state index in [1.54, 1.807) is 18.1 Å². The van der Waals surface area contributed by atoms with Gasteiger partial charge in [-0.2, -0.15) is 0 Å². The van der Waals surface area contributed by atoms with Crippen molar-refractivity contribution >= 4 is 17.6 Å². The van der Waals surface area contributed by atoms with Crippen LogP contribution in [0.25, 0.3) is 0 Å². The molecular formula is C12H22N4S. The molecule has 1 aromatic heterocycles. The second kappa shape index (κ2) is 6.81. The van der Waals surface area contributed by atoms with Gasteiger partial charge in [0.15, 0.2) is 0 Å². The summed E-state index contributed by atoms with van der Waals surface area (Å²) in [6.07, 6.45) is 5.80. The molecular weight excluding hydrogens is 232 g/mol. The molecule has 17 heavy (non-hydrogen) atoms. The van der Waals surface area contributed by atoms with Crippen molar-refractivity contribution in [3.05, 3.63) is 12.4 Å². The Balaban J connectivity index is 2.48. The Bertz CT molecular complexity index is 341. The van der Waals surface area contributed by atoms with Crippen LogP contribution in [0.15, 0.2) is 17.4 Å². The number of nitrogens with two attached hydrogens (primary N) is 1. The average molecular weight is 254 g/mol. The summed E-state index contributed by atoms with van der Waals surface area (Å²) >= 11 is 1.62. The van der Waals surface area contributed by atoms with Gasteiger partial charge in [-0.15, -0.1) is 11.8 Å². The molecule has 3 N–H and O–H groups in total. The van der Waals surface area contributed by atoms with Crippen molar-refractivity contribution in [1.29, 1.82) is 0 Å². The van der Waals surface area contributed by atoms with Crippen molar-refractivity contribution in [3.8, 4) is 0 Å². The van der Waals surface area contributed by atoms with E-state index in [2.05, 4.69) is 29.1 Å². The van der Waals surface area contributed by atoms with E-state index >= 15 is 0 Å². The van der Waals surface area contributed by atoms with Gasteiger partial charge in [0.2, 0.25) is 0 Å². The molecule has 96 valence electrons. The molecule has 1 rings (SSSR count). The van der Waals surface area contributed by atoms with E-state index in [-0.39, 0.29) is 5.41 Å². The predicted octanol–water partition coefficient (Wildman–Crippen LogP) is 2.38. The standard InChI is InChI=1S/C12H22N4S/c1-12(2,5-4-6-13)8-14-10-7-11(17-3)16-9-15-10/h7,9H,4-6,8,13H2,1-3H3,(H,14,15,16). The minimum atomic E-state index is 0.240. The number of thioether (sulfide) groups is 1. The lowest BCUT2D eigenvalue weighted by atomic mass is 9.88. The van der Waals surface area contributed by atoms with Crippen LogP contribution in [0.5, 0.6) is 0 Å². The second-order valence-electron chi connectivity index (χ2n) is 4.86. The maximum atomic E-state index is 5.54. The highest BCUT2D eigenvalue weighted by molar-refractivity contribution is 7.98. The van der Waals surface area contributed by atoms with Gasteiger partial charge < -0.3 is 11.1 Å². The van der Waals surface area contributed by atoms with E-state index in [0.29, 0.717) is 0 Å². The zero-order chi connectivity index (χ0) is 12.7. The van der Waals surface area contributed by atoms with Crippen molar-refractivity contribution < 1.29 is 0 Å². The fraction of sp³-hybridized carbons (Fsp3) is 0.667. The number of nitrogens with zero attached hydrogens (tertiary/aromatic N) is 2. The lowest BCUT2D eigenvalue weighted by molar-refractivity contribution is 0.350. The van der Waals surface area contributed by atoms with Crippen molar-refractivity contribution in [3.63, 3.8) is 0 Å². The molecule has 5 heteroatoms. The third-order valence-electron chi connectivity index (χ3n) is 2.66. The van der Waals surface area contributed by atoms with Crippen LogP contribution in [0.2, 0.25) is 0 Å². The van der Waals surface area contributed by atoms with Gasteiger partial charge in [-0.3, -0.25) is 0 Å². The zero-order valence-corrected chi connectivity index (χ0v) is 11.7. The van der Waals surface area contributed by atoms with Crippen LogP contribution in [0, 0.1) is 5.41 Å². The van der Waals surface area contributed by atoms with Gasteiger partial charge in [0.25, 0.3) is 0 Å². The summed E-state index contributed by atoms with van der Waals surface area (Å²) in [5, 5.41) is 4.35. The first-order valence-corrected chi connectivity index (χ1v) is 7.10. The van der Waals surface area contributed by atoms with Gasteiger partial charge in [0.1, 0.15) is 17.2 Å². The molecule has 0 unspecified atom stereocenters. The summed E-state index contributed by atoms with van der Waals surface area (Å²) in [4.78, 5) is 8.36. The Kier molecular flexibility index (Phi) is 5.71. The third kappa shape index (κ3) is 5.37. The molecule has 0 aliphatic carbocycles. The highest BCUT2D eigenvalue weighted by atomic mass is 32.2. The van der Waals surface area contributed by atoms with Crippen LogP contribution < -0.4 is 11.1 Å². The Morgan fingerprint density at radius 3 is 2.82 bits per heavy atom. The molecule has 0 fully saturated rings. The molecule has 0 amide bonds. The fourth-order valence-corrected chi connectivity index (χ4v) is 1.93. The van der Waals surface area contributed by atoms with Crippen molar-refractivity contribution in [2.75, 3.05) is 24.7 Å². The molecule has 0 aromatic carbocycles. The molecule has 0 saturated heterocycles. The van der Waals surface area contributed by atoms with Gasteiger partial charge in [0, 0.05) is 12.6 Å². The smallest absolute Gasteiger partial charge is 0.130 e. The number of rotatable bonds is 7. The maximum Gasteiger partial charge on any atom is 0.130 e. The minimum Gasteiger partial charge on any atom is -0.369 e. The van der Waals surface area contributed by atoms with Gasteiger partial charge >= 0.3 is 0 Å². The predicted molar refractivity (Wildman–Crippen MR) is 74.4 cm³/mol. The van der Waals surface area contributed by atoms with E-state index in [4.69, 9.17) is 5.73 Å². The van der Waals surface area contributed by atoms with Crippen LogP contribution in [0.3, 0.4) is 0 Å². The molecule has 1 heterocycles. The van der Waals surface area contributed by atoms with E-state index in [9.17, 15) is 0 Å². The van der Waals surface area contributed by atoms with Crippen LogP contribution in [0.4, 0.5) is 5.82 Å². The van der Waals surface area contributed by atoms with Crippen molar-refractivity contribution in [2.45, 2.75) is 31.7 Å². The molecule has 4 nitrogen and oxygen atoms in total. The minimum absolute atomic E-state index is 0.240. The summed E-state index contributed by atoms with van der Waals surface area (Å²) in [5.74, 6) is 0.894. The summed E-state index contributed by atoms with van der Waals surface area (Å²) in [6.45, 7) is 6.14. The molecule has 1 aromatic rings. The SMILES string of the molecule is CSc1cc(NCC(C)(C)CCCN)ncn1.